The lowest BCUT2D eigenvalue weighted by molar-refractivity contribution is -0.126. The summed E-state index contributed by atoms with van der Waals surface area (Å²) >= 11 is 0. The van der Waals surface area contributed by atoms with Gasteiger partial charge in [-0.1, -0.05) is 19.8 Å². The Balaban J connectivity index is 1.70. The van der Waals surface area contributed by atoms with E-state index >= 15 is 0 Å². The van der Waals surface area contributed by atoms with Crippen molar-refractivity contribution in [2.45, 2.75) is 45.6 Å². The molecule has 3 unspecified atom stereocenters. The predicted octanol–water partition coefficient (Wildman–Crippen LogP) is 1.22. The topological polar surface area (TPSA) is 44.4 Å². The quantitative estimate of drug-likeness (QED) is 0.805. The highest BCUT2D eigenvalue weighted by molar-refractivity contribution is 5.81. The Morgan fingerprint density at radius 2 is 2.11 bits per heavy atom. The van der Waals surface area contributed by atoms with Crippen LogP contribution in [0.25, 0.3) is 0 Å². The van der Waals surface area contributed by atoms with Crippen LogP contribution in [0.5, 0.6) is 0 Å². The van der Waals surface area contributed by atoms with Crippen LogP contribution >= 0.6 is 0 Å². The molecule has 4 heteroatoms. The first kappa shape index (κ1) is 14.8. The summed E-state index contributed by atoms with van der Waals surface area (Å²) < 4.78 is 0. The number of piperazine rings is 1. The molecule has 0 spiro atoms. The van der Waals surface area contributed by atoms with Crippen LogP contribution in [0.4, 0.5) is 0 Å². The first-order valence-electron chi connectivity index (χ1n) is 7.89. The molecule has 0 radical (unpaired) electrons. The number of nitrogens with one attached hydrogen (secondary N) is 2. The first-order valence-corrected chi connectivity index (χ1v) is 7.89. The number of carbonyl (C=O) groups excluding carboxylic acids is 1. The lowest BCUT2D eigenvalue weighted by Crippen LogP contribution is -2.53. The normalized spacial score (nSPS) is 30.8. The van der Waals surface area contributed by atoms with Gasteiger partial charge >= 0.3 is 0 Å². The summed E-state index contributed by atoms with van der Waals surface area (Å²) in [6.45, 7) is 9.20. The van der Waals surface area contributed by atoms with Crippen molar-refractivity contribution in [3.8, 4) is 0 Å². The average Bonchev–Trinajstić information content (AvgIpc) is 2.45. The Hall–Kier alpha value is -0.610. The fourth-order valence-corrected chi connectivity index (χ4v) is 3.37. The van der Waals surface area contributed by atoms with Gasteiger partial charge in [0.05, 0.1) is 6.04 Å². The van der Waals surface area contributed by atoms with Crippen LogP contribution in [0.2, 0.25) is 0 Å². The maximum Gasteiger partial charge on any atom is 0.237 e. The molecule has 2 rings (SSSR count). The molecule has 0 aromatic rings. The fourth-order valence-electron chi connectivity index (χ4n) is 3.37. The maximum absolute atomic E-state index is 12.2. The Labute approximate surface area is 117 Å². The van der Waals surface area contributed by atoms with Crippen LogP contribution in [0.15, 0.2) is 0 Å². The van der Waals surface area contributed by atoms with Gasteiger partial charge < -0.3 is 10.6 Å². The number of amides is 1. The second-order valence-corrected chi connectivity index (χ2v) is 6.34. The zero-order chi connectivity index (χ0) is 13.7. The van der Waals surface area contributed by atoms with Crippen LogP contribution in [-0.4, -0.2) is 49.6 Å². The number of hydrogen-bond donors (Lipinski definition) is 2. The van der Waals surface area contributed by atoms with E-state index in [-0.39, 0.29) is 11.9 Å². The third-order valence-corrected chi connectivity index (χ3v) is 4.69. The third kappa shape index (κ3) is 4.46. The largest absolute Gasteiger partial charge is 0.354 e. The Morgan fingerprint density at radius 1 is 1.37 bits per heavy atom. The summed E-state index contributed by atoms with van der Waals surface area (Å²) in [5, 5.41) is 6.49. The van der Waals surface area contributed by atoms with Crippen LogP contribution in [0, 0.1) is 11.8 Å². The zero-order valence-electron chi connectivity index (χ0n) is 12.5. The van der Waals surface area contributed by atoms with Gasteiger partial charge in [-0.15, -0.1) is 0 Å². The number of rotatable bonds is 4. The van der Waals surface area contributed by atoms with Gasteiger partial charge in [0.1, 0.15) is 0 Å². The van der Waals surface area contributed by atoms with Crippen LogP contribution in [0.3, 0.4) is 0 Å². The van der Waals surface area contributed by atoms with Gasteiger partial charge in [-0.3, -0.25) is 9.69 Å². The van der Waals surface area contributed by atoms with Crippen LogP contribution < -0.4 is 10.6 Å². The molecule has 1 amide bonds. The van der Waals surface area contributed by atoms with E-state index < -0.39 is 0 Å². The number of nitrogens with zero attached hydrogens (tertiary/aromatic N) is 1. The molecule has 2 fully saturated rings. The van der Waals surface area contributed by atoms with E-state index in [1.54, 1.807) is 0 Å². The van der Waals surface area contributed by atoms with Gasteiger partial charge in [-0.2, -0.15) is 0 Å². The van der Waals surface area contributed by atoms with Gasteiger partial charge in [0.25, 0.3) is 0 Å². The van der Waals surface area contributed by atoms with Gasteiger partial charge in [0.15, 0.2) is 0 Å². The molecule has 1 saturated carbocycles. The molecule has 1 saturated heterocycles. The smallest absolute Gasteiger partial charge is 0.237 e. The van der Waals surface area contributed by atoms with Crippen molar-refractivity contribution in [3.05, 3.63) is 0 Å². The molecule has 0 aromatic carbocycles. The molecule has 2 aliphatic rings. The van der Waals surface area contributed by atoms with E-state index in [1.165, 1.54) is 25.7 Å². The molecule has 4 nitrogen and oxygen atoms in total. The predicted molar refractivity (Wildman–Crippen MR) is 78.0 cm³/mol. The average molecular weight is 267 g/mol. The second kappa shape index (κ2) is 7.25. The molecule has 2 N–H and O–H groups in total. The Kier molecular flexibility index (Phi) is 5.64. The molecule has 19 heavy (non-hydrogen) atoms. The third-order valence-electron chi connectivity index (χ3n) is 4.69. The lowest BCUT2D eigenvalue weighted by atomic mass is 9.82. The van der Waals surface area contributed by atoms with Gasteiger partial charge in [0, 0.05) is 32.7 Å². The van der Waals surface area contributed by atoms with Crippen LogP contribution in [0.1, 0.15) is 39.5 Å². The van der Waals surface area contributed by atoms with E-state index in [9.17, 15) is 4.79 Å². The standard InChI is InChI=1S/C15H29N3O/c1-12-4-3-5-14(10-12)11-17-15(19)13(2)18-8-6-16-7-9-18/h12-14,16H,3-11H2,1-2H3,(H,17,19). The van der Waals surface area contributed by atoms with E-state index in [4.69, 9.17) is 0 Å². The lowest BCUT2D eigenvalue weighted by Gasteiger charge is -2.32. The monoisotopic (exact) mass is 267 g/mol. The summed E-state index contributed by atoms with van der Waals surface area (Å²) in [5.74, 6) is 1.74. The van der Waals surface area contributed by atoms with Crippen molar-refractivity contribution in [1.82, 2.24) is 15.5 Å². The zero-order valence-corrected chi connectivity index (χ0v) is 12.5. The highest BCUT2D eigenvalue weighted by Crippen LogP contribution is 2.27. The van der Waals surface area contributed by atoms with Gasteiger partial charge in [-0.05, 0) is 31.6 Å². The van der Waals surface area contributed by atoms with Gasteiger partial charge in [0.2, 0.25) is 5.91 Å². The molecule has 1 aliphatic heterocycles. The SMILES string of the molecule is CC1CCCC(CNC(=O)C(C)N2CCNCC2)C1. The van der Waals surface area contributed by atoms with E-state index in [0.29, 0.717) is 5.92 Å². The van der Waals surface area contributed by atoms with Crippen molar-refractivity contribution >= 4 is 5.91 Å². The molecular weight excluding hydrogens is 238 g/mol. The van der Waals surface area contributed by atoms with E-state index in [0.717, 1.165) is 38.6 Å². The Bertz CT molecular complexity index is 289. The second-order valence-electron chi connectivity index (χ2n) is 6.34. The molecular formula is C15H29N3O. The summed E-state index contributed by atoms with van der Waals surface area (Å²) in [5.41, 5.74) is 0. The number of carbonyl (C=O) groups is 1. The van der Waals surface area contributed by atoms with Crippen molar-refractivity contribution in [2.24, 2.45) is 11.8 Å². The number of hydrogen-bond acceptors (Lipinski definition) is 3. The fraction of sp³-hybridized carbons (Fsp3) is 0.933. The van der Waals surface area contributed by atoms with Gasteiger partial charge in [-0.25, -0.2) is 0 Å². The minimum Gasteiger partial charge on any atom is -0.354 e. The summed E-state index contributed by atoms with van der Waals surface area (Å²) in [6.07, 6.45) is 5.26. The van der Waals surface area contributed by atoms with Crippen molar-refractivity contribution in [1.29, 1.82) is 0 Å². The van der Waals surface area contributed by atoms with Crippen molar-refractivity contribution in [3.63, 3.8) is 0 Å². The first-order chi connectivity index (χ1) is 9.16. The van der Waals surface area contributed by atoms with Crippen molar-refractivity contribution in [2.75, 3.05) is 32.7 Å². The molecule has 0 aromatic heterocycles. The summed E-state index contributed by atoms with van der Waals surface area (Å²) in [6, 6.07) is 0.0168. The highest BCUT2D eigenvalue weighted by Gasteiger charge is 2.24. The highest BCUT2D eigenvalue weighted by atomic mass is 16.2. The van der Waals surface area contributed by atoms with Crippen molar-refractivity contribution < 1.29 is 4.79 Å². The molecule has 1 heterocycles. The molecule has 3 atom stereocenters. The molecule has 0 bridgehead atoms. The Morgan fingerprint density at radius 3 is 2.79 bits per heavy atom. The van der Waals surface area contributed by atoms with Crippen LogP contribution in [-0.2, 0) is 4.79 Å². The molecule has 1 aliphatic carbocycles. The maximum atomic E-state index is 12.2. The summed E-state index contributed by atoms with van der Waals surface area (Å²) in [7, 11) is 0. The van der Waals surface area contributed by atoms with E-state index in [2.05, 4.69) is 22.5 Å². The minimum atomic E-state index is 0.0168. The minimum absolute atomic E-state index is 0.0168. The van der Waals surface area contributed by atoms with E-state index in [1.807, 2.05) is 6.92 Å². The molecule has 110 valence electrons. The summed E-state index contributed by atoms with van der Waals surface area (Å²) in [4.78, 5) is 14.5.